The molecule has 0 aromatic carbocycles. The Kier molecular flexibility index (Phi) is 1.85. The van der Waals surface area contributed by atoms with Gasteiger partial charge in [-0.15, -0.1) is 10.2 Å². The number of rotatable bonds is 0. The van der Waals surface area contributed by atoms with Gasteiger partial charge in [0.2, 0.25) is 0 Å². The zero-order chi connectivity index (χ0) is 11.1. The van der Waals surface area contributed by atoms with Gasteiger partial charge in [-0.3, -0.25) is 4.98 Å². The Morgan fingerprint density at radius 2 is 2.31 bits per heavy atom. The SMILES string of the molecule is N#Cc1cnc2c(c1Cl)C=C1N=NN=C1C2. The minimum absolute atomic E-state index is 0.368. The molecule has 1 aromatic rings. The normalized spacial score (nSPS) is 16.0. The van der Waals surface area contributed by atoms with E-state index in [1.165, 1.54) is 6.20 Å². The highest BCUT2D eigenvalue weighted by Crippen LogP contribution is 2.31. The Balaban J connectivity index is 2.25. The number of nitriles is 1. The van der Waals surface area contributed by atoms with Crippen molar-refractivity contribution in [3.05, 3.63) is 33.7 Å². The van der Waals surface area contributed by atoms with Crippen molar-refractivity contribution in [2.45, 2.75) is 6.42 Å². The van der Waals surface area contributed by atoms with E-state index in [2.05, 4.69) is 20.4 Å². The van der Waals surface area contributed by atoms with E-state index < -0.39 is 0 Å². The van der Waals surface area contributed by atoms with Gasteiger partial charge in [-0.05, 0) is 11.3 Å². The number of aromatic nitrogens is 1. The summed E-state index contributed by atoms with van der Waals surface area (Å²) in [5, 5.41) is 20.6. The largest absolute Gasteiger partial charge is 0.259 e. The van der Waals surface area contributed by atoms with Gasteiger partial charge in [-0.2, -0.15) is 5.26 Å². The van der Waals surface area contributed by atoms with Crippen LogP contribution in [0.2, 0.25) is 5.02 Å². The highest BCUT2D eigenvalue weighted by molar-refractivity contribution is 6.33. The second kappa shape index (κ2) is 3.22. The van der Waals surface area contributed by atoms with Crippen LogP contribution < -0.4 is 0 Å². The summed E-state index contributed by atoms with van der Waals surface area (Å²) >= 11 is 6.10. The quantitative estimate of drug-likeness (QED) is 0.685. The number of fused-ring (bicyclic) bond motifs is 2. The van der Waals surface area contributed by atoms with E-state index in [9.17, 15) is 0 Å². The lowest BCUT2D eigenvalue weighted by Crippen LogP contribution is -2.11. The topological polar surface area (TPSA) is 73.8 Å². The third-order valence-electron chi connectivity index (χ3n) is 2.48. The number of pyridine rings is 1. The van der Waals surface area contributed by atoms with Gasteiger partial charge < -0.3 is 0 Å². The van der Waals surface area contributed by atoms with Crippen LogP contribution in [0.4, 0.5) is 0 Å². The van der Waals surface area contributed by atoms with E-state index in [-0.39, 0.29) is 0 Å². The first-order valence-corrected chi connectivity index (χ1v) is 4.94. The van der Waals surface area contributed by atoms with Gasteiger partial charge in [0.05, 0.1) is 22.0 Å². The van der Waals surface area contributed by atoms with Crippen molar-refractivity contribution in [2.24, 2.45) is 15.4 Å². The number of halogens is 1. The van der Waals surface area contributed by atoms with E-state index in [0.29, 0.717) is 22.7 Å². The van der Waals surface area contributed by atoms with E-state index in [1.54, 1.807) is 6.08 Å². The third kappa shape index (κ3) is 1.17. The van der Waals surface area contributed by atoms with Gasteiger partial charge >= 0.3 is 0 Å². The standard InChI is InChI=1S/C10H4ClN5/c11-10-5(3-12)4-13-7-2-9-8(1-6(7)10)14-16-15-9/h1,4H,2H2. The van der Waals surface area contributed by atoms with Crippen molar-refractivity contribution in [3.8, 4) is 6.07 Å². The van der Waals surface area contributed by atoms with Crippen LogP contribution in [-0.2, 0) is 6.42 Å². The van der Waals surface area contributed by atoms with Crippen molar-refractivity contribution in [2.75, 3.05) is 0 Å². The van der Waals surface area contributed by atoms with Crippen molar-refractivity contribution in [1.29, 1.82) is 5.26 Å². The summed E-state index contributed by atoms with van der Waals surface area (Å²) in [5.74, 6) is 0. The second-order valence-electron chi connectivity index (χ2n) is 3.40. The molecule has 0 bridgehead atoms. The van der Waals surface area contributed by atoms with Crippen molar-refractivity contribution in [3.63, 3.8) is 0 Å². The summed E-state index contributed by atoms with van der Waals surface area (Å²) in [4.78, 5) is 4.20. The van der Waals surface area contributed by atoms with Gasteiger partial charge in [-0.25, -0.2) is 0 Å². The molecule has 0 saturated heterocycles. The Bertz CT molecular complexity index is 621. The molecule has 76 valence electrons. The Labute approximate surface area is 95.8 Å². The molecule has 16 heavy (non-hydrogen) atoms. The van der Waals surface area contributed by atoms with Crippen LogP contribution in [0.15, 0.2) is 27.3 Å². The van der Waals surface area contributed by atoms with E-state index in [4.69, 9.17) is 16.9 Å². The molecule has 0 saturated carbocycles. The van der Waals surface area contributed by atoms with Gasteiger partial charge in [0, 0.05) is 18.2 Å². The van der Waals surface area contributed by atoms with Crippen LogP contribution in [0.3, 0.4) is 0 Å². The Hall–Kier alpha value is -2.06. The molecule has 0 spiro atoms. The summed E-state index contributed by atoms with van der Waals surface area (Å²) in [6, 6.07) is 2.00. The summed E-state index contributed by atoms with van der Waals surface area (Å²) in [6.07, 6.45) is 3.80. The first-order chi connectivity index (χ1) is 7.79. The lowest BCUT2D eigenvalue weighted by molar-refractivity contribution is 1.09. The number of nitrogens with zero attached hydrogens (tertiary/aromatic N) is 5. The monoisotopic (exact) mass is 229 g/mol. The smallest absolute Gasteiger partial charge is 0.112 e. The summed E-state index contributed by atoms with van der Waals surface area (Å²) in [6.45, 7) is 0. The van der Waals surface area contributed by atoms with Crippen LogP contribution in [0, 0.1) is 11.3 Å². The molecule has 1 aliphatic heterocycles. The van der Waals surface area contributed by atoms with Crippen LogP contribution in [0.5, 0.6) is 0 Å². The fraction of sp³-hybridized carbons (Fsp3) is 0.100. The fourth-order valence-electron chi connectivity index (χ4n) is 1.67. The number of allylic oxidation sites excluding steroid dienone is 1. The first-order valence-electron chi connectivity index (χ1n) is 4.56. The van der Waals surface area contributed by atoms with Gasteiger partial charge in [-0.1, -0.05) is 11.6 Å². The molecule has 0 fully saturated rings. The second-order valence-corrected chi connectivity index (χ2v) is 3.78. The van der Waals surface area contributed by atoms with Gasteiger partial charge in [0.1, 0.15) is 11.8 Å². The molecule has 1 aliphatic carbocycles. The van der Waals surface area contributed by atoms with Crippen molar-refractivity contribution >= 4 is 23.4 Å². The van der Waals surface area contributed by atoms with Crippen molar-refractivity contribution < 1.29 is 0 Å². The third-order valence-corrected chi connectivity index (χ3v) is 2.89. The van der Waals surface area contributed by atoms with Crippen LogP contribution >= 0.6 is 11.6 Å². The molecule has 5 nitrogen and oxygen atoms in total. The van der Waals surface area contributed by atoms with E-state index in [1.807, 2.05) is 6.07 Å². The summed E-state index contributed by atoms with van der Waals surface area (Å²) < 4.78 is 0. The zero-order valence-corrected chi connectivity index (χ0v) is 8.73. The minimum Gasteiger partial charge on any atom is -0.259 e. The van der Waals surface area contributed by atoms with Crippen LogP contribution in [-0.4, -0.2) is 10.7 Å². The first kappa shape index (κ1) is 9.19. The maximum atomic E-state index is 8.85. The molecule has 0 N–H and O–H groups in total. The molecule has 1 aromatic heterocycles. The highest BCUT2D eigenvalue weighted by atomic mass is 35.5. The Morgan fingerprint density at radius 3 is 3.12 bits per heavy atom. The fourth-order valence-corrected chi connectivity index (χ4v) is 1.93. The summed E-state index contributed by atoms with van der Waals surface area (Å²) in [5.41, 5.74) is 3.41. The molecule has 0 amide bonds. The molecule has 2 heterocycles. The zero-order valence-electron chi connectivity index (χ0n) is 7.98. The average molecular weight is 230 g/mol. The van der Waals surface area contributed by atoms with E-state index in [0.717, 1.165) is 17.0 Å². The predicted molar refractivity (Wildman–Crippen MR) is 57.9 cm³/mol. The number of hydrogen-bond donors (Lipinski definition) is 0. The molecule has 3 rings (SSSR count). The van der Waals surface area contributed by atoms with Crippen molar-refractivity contribution in [1.82, 2.24) is 4.98 Å². The highest BCUT2D eigenvalue weighted by Gasteiger charge is 2.23. The molecule has 0 radical (unpaired) electrons. The molecule has 0 unspecified atom stereocenters. The number of hydrogen-bond acceptors (Lipinski definition) is 5. The van der Waals surface area contributed by atoms with Crippen LogP contribution in [0.25, 0.3) is 6.08 Å². The maximum Gasteiger partial charge on any atom is 0.112 e. The molecule has 2 aliphatic rings. The van der Waals surface area contributed by atoms with Crippen LogP contribution in [0.1, 0.15) is 16.8 Å². The molecular weight excluding hydrogens is 226 g/mol. The average Bonchev–Trinajstić information content (AvgIpc) is 2.74. The van der Waals surface area contributed by atoms with E-state index >= 15 is 0 Å². The van der Waals surface area contributed by atoms with Gasteiger partial charge in [0.25, 0.3) is 0 Å². The Morgan fingerprint density at radius 1 is 1.44 bits per heavy atom. The lowest BCUT2D eigenvalue weighted by atomic mass is 9.98. The molecular formula is C10H4ClN5. The summed E-state index contributed by atoms with van der Waals surface area (Å²) in [7, 11) is 0. The molecule has 6 heteroatoms. The maximum absolute atomic E-state index is 8.85. The lowest BCUT2D eigenvalue weighted by Gasteiger charge is -2.13. The van der Waals surface area contributed by atoms with Gasteiger partial charge in [0.15, 0.2) is 0 Å². The minimum atomic E-state index is 0.368. The predicted octanol–water partition coefficient (Wildman–Crippen LogP) is 2.33. The molecule has 0 atom stereocenters.